The molecular formula is C14H19NO3S. The molecule has 0 aliphatic heterocycles. The maximum absolute atomic E-state index is 12.0. The molecule has 0 spiro atoms. The minimum atomic E-state index is -3.38. The van der Waals surface area contributed by atoms with Crippen LogP contribution in [0, 0.1) is 0 Å². The number of benzene rings is 1. The third-order valence-electron chi connectivity index (χ3n) is 2.68. The van der Waals surface area contributed by atoms with Crippen molar-refractivity contribution in [3.05, 3.63) is 42.0 Å². The maximum Gasteiger partial charge on any atom is 0.252 e. The molecule has 19 heavy (non-hydrogen) atoms. The number of nitrogens with one attached hydrogen (secondary N) is 1. The highest BCUT2D eigenvalue weighted by Gasteiger charge is 2.19. The molecule has 0 atom stereocenters. The summed E-state index contributed by atoms with van der Waals surface area (Å²) in [6.07, 6.45) is 4.57. The van der Waals surface area contributed by atoms with E-state index >= 15 is 0 Å². The predicted octanol–water partition coefficient (Wildman–Crippen LogP) is 2.18. The number of hydrogen-bond donors (Lipinski definition) is 1. The lowest BCUT2D eigenvalue weighted by molar-refractivity contribution is 0.0951. The van der Waals surface area contributed by atoms with Gasteiger partial charge < -0.3 is 5.32 Å². The lowest BCUT2D eigenvalue weighted by Crippen LogP contribution is -2.26. The molecule has 0 fully saturated rings. The third-order valence-corrected chi connectivity index (χ3v) is 4.47. The minimum Gasteiger partial charge on any atom is -0.352 e. The minimum absolute atomic E-state index is 0.0180. The van der Waals surface area contributed by atoms with E-state index in [-0.39, 0.29) is 22.1 Å². The second-order valence-electron chi connectivity index (χ2n) is 4.01. The molecule has 0 saturated carbocycles. The molecule has 5 heteroatoms. The highest BCUT2D eigenvalue weighted by Crippen LogP contribution is 2.16. The molecule has 0 aliphatic carbocycles. The van der Waals surface area contributed by atoms with E-state index in [4.69, 9.17) is 0 Å². The Morgan fingerprint density at radius 1 is 1.32 bits per heavy atom. The molecule has 104 valence electrons. The van der Waals surface area contributed by atoms with Gasteiger partial charge in [0.1, 0.15) is 0 Å². The molecular weight excluding hydrogens is 262 g/mol. The second kappa shape index (κ2) is 7.09. The topological polar surface area (TPSA) is 63.2 Å². The van der Waals surface area contributed by atoms with Crippen molar-refractivity contribution in [1.29, 1.82) is 0 Å². The Hall–Kier alpha value is -1.62. The first kappa shape index (κ1) is 15.4. The lowest BCUT2D eigenvalue weighted by atomic mass is 10.2. The van der Waals surface area contributed by atoms with Gasteiger partial charge in [0.25, 0.3) is 5.91 Å². The van der Waals surface area contributed by atoms with Crippen LogP contribution in [0.15, 0.2) is 41.3 Å². The van der Waals surface area contributed by atoms with Crippen molar-refractivity contribution in [3.63, 3.8) is 0 Å². The molecule has 1 amide bonds. The summed E-state index contributed by atoms with van der Waals surface area (Å²) >= 11 is 0. The van der Waals surface area contributed by atoms with Crippen molar-refractivity contribution in [2.75, 3.05) is 12.3 Å². The molecule has 1 rings (SSSR count). The molecule has 1 aromatic carbocycles. The summed E-state index contributed by atoms with van der Waals surface area (Å²) in [5, 5.41) is 2.72. The zero-order valence-corrected chi connectivity index (χ0v) is 12.0. The highest BCUT2D eigenvalue weighted by atomic mass is 32.2. The first-order valence-electron chi connectivity index (χ1n) is 6.24. The Balaban J connectivity index is 2.92. The number of sulfone groups is 1. The lowest BCUT2D eigenvalue weighted by Gasteiger charge is -2.09. The maximum atomic E-state index is 12.0. The van der Waals surface area contributed by atoms with Crippen molar-refractivity contribution in [2.24, 2.45) is 0 Å². The molecule has 0 saturated heterocycles. The van der Waals surface area contributed by atoms with Crippen molar-refractivity contribution in [2.45, 2.75) is 25.2 Å². The fourth-order valence-electron chi connectivity index (χ4n) is 1.61. The average molecular weight is 281 g/mol. The SMILES string of the molecule is C/C=C/CCNC(=O)c1ccccc1S(=O)(=O)CC. The zero-order chi connectivity index (χ0) is 14.3. The van der Waals surface area contributed by atoms with E-state index in [1.807, 2.05) is 19.1 Å². The van der Waals surface area contributed by atoms with Gasteiger partial charge in [-0.25, -0.2) is 8.42 Å². The van der Waals surface area contributed by atoms with Crippen LogP contribution in [0.2, 0.25) is 0 Å². The number of allylic oxidation sites excluding steroid dienone is 1. The van der Waals surface area contributed by atoms with Crippen LogP contribution in [0.25, 0.3) is 0 Å². The zero-order valence-electron chi connectivity index (χ0n) is 11.2. The molecule has 0 heterocycles. The van der Waals surface area contributed by atoms with E-state index in [9.17, 15) is 13.2 Å². The molecule has 0 bridgehead atoms. The van der Waals surface area contributed by atoms with Gasteiger partial charge in [-0.2, -0.15) is 0 Å². The van der Waals surface area contributed by atoms with Crippen molar-refractivity contribution >= 4 is 15.7 Å². The fraction of sp³-hybridized carbons (Fsp3) is 0.357. The van der Waals surface area contributed by atoms with Gasteiger partial charge in [0.05, 0.1) is 16.2 Å². The van der Waals surface area contributed by atoms with E-state index in [2.05, 4.69) is 5.32 Å². The molecule has 1 N–H and O–H groups in total. The van der Waals surface area contributed by atoms with Crippen LogP contribution in [0.5, 0.6) is 0 Å². The summed E-state index contributed by atoms with van der Waals surface area (Å²) in [7, 11) is -3.38. The monoisotopic (exact) mass is 281 g/mol. The van der Waals surface area contributed by atoms with E-state index < -0.39 is 9.84 Å². The van der Waals surface area contributed by atoms with Crippen LogP contribution in [-0.4, -0.2) is 26.6 Å². The second-order valence-corrected chi connectivity index (χ2v) is 6.26. The highest BCUT2D eigenvalue weighted by molar-refractivity contribution is 7.91. The Morgan fingerprint density at radius 2 is 2.00 bits per heavy atom. The van der Waals surface area contributed by atoms with E-state index in [1.54, 1.807) is 19.1 Å². The van der Waals surface area contributed by atoms with Crippen LogP contribution in [0.1, 0.15) is 30.6 Å². The fourth-order valence-corrected chi connectivity index (χ4v) is 2.70. The van der Waals surface area contributed by atoms with Crippen LogP contribution < -0.4 is 5.32 Å². The predicted molar refractivity (Wildman–Crippen MR) is 75.9 cm³/mol. The van der Waals surface area contributed by atoms with Crippen LogP contribution in [0.4, 0.5) is 0 Å². The summed E-state index contributed by atoms with van der Waals surface area (Å²) in [6.45, 7) is 3.96. The van der Waals surface area contributed by atoms with E-state index in [1.165, 1.54) is 12.1 Å². The van der Waals surface area contributed by atoms with Gasteiger partial charge in [-0.15, -0.1) is 0 Å². The van der Waals surface area contributed by atoms with Crippen molar-refractivity contribution in [3.8, 4) is 0 Å². The van der Waals surface area contributed by atoms with Crippen LogP contribution in [-0.2, 0) is 9.84 Å². The van der Waals surface area contributed by atoms with E-state index in [0.29, 0.717) is 6.54 Å². The summed E-state index contributed by atoms with van der Waals surface area (Å²) < 4.78 is 23.8. The molecule has 0 radical (unpaired) electrons. The average Bonchev–Trinajstić information content (AvgIpc) is 2.43. The van der Waals surface area contributed by atoms with Crippen LogP contribution >= 0.6 is 0 Å². The first-order valence-corrected chi connectivity index (χ1v) is 7.89. The van der Waals surface area contributed by atoms with Gasteiger partial charge in [-0.1, -0.05) is 31.2 Å². The molecule has 4 nitrogen and oxygen atoms in total. The number of hydrogen-bond acceptors (Lipinski definition) is 3. The quantitative estimate of drug-likeness (QED) is 0.642. The number of carbonyl (C=O) groups excluding carboxylic acids is 1. The summed E-state index contributed by atoms with van der Waals surface area (Å²) in [6, 6.07) is 6.29. The van der Waals surface area contributed by atoms with Gasteiger partial charge in [0.2, 0.25) is 0 Å². The van der Waals surface area contributed by atoms with Gasteiger partial charge >= 0.3 is 0 Å². The van der Waals surface area contributed by atoms with Gasteiger partial charge in [0, 0.05) is 6.54 Å². The van der Waals surface area contributed by atoms with Crippen LogP contribution in [0.3, 0.4) is 0 Å². The Morgan fingerprint density at radius 3 is 2.63 bits per heavy atom. The van der Waals surface area contributed by atoms with E-state index in [0.717, 1.165) is 6.42 Å². The molecule has 0 aliphatic rings. The van der Waals surface area contributed by atoms with Gasteiger partial charge in [-0.3, -0.25) is 4.79 Å². The summed E-state index contributed by atoms with van der Waals surface area (Å²) in [4.78, 5) is 12.1. The third kappa shape index (κ3) is 4.21. The summed E-state index contributed by atoms with van der Waals surface area (Å²) in [5.74, 6) is -0.368. The number of amides is 1. The normalized spacial score (nSPS) is 11.7. The van der Waals surface area contributed by atoms with Gasteiger partial charge in [0.15, 0.2) is 9.84 Å². The first-order chi connectivity index (χ1) is 9.03. The standard InChI is InChI=1S/C14H19NO3S/c1-3-5-8-11-15-14(16)12-9-6-7-10-13(12)19(17,18)4-2/h3,5-7,9-10H,4,8,11H2,1-2H3,(H,15,16)/b5-3+. The van der Waals surface area contributed by atoms with Crippen molar-refractivity contribution in [1.82, 2.24) is 5.32 Å². The Kier molecular flexibility index (Phi) is 5.76. The Labute approximate surface area is 114 Å². The molecule has 1 aromatic rings. The Bertz CT molecular complexity index is 562. The molecule has 0 unspecified atom stereocenters. The summed E-state index contributed by atoms with van der Waals surface area (Å²) in [5.41, 5.74) is 0.213. The van der Waals surface area contributed by atoms with Crippen molar-refractivity contribution < 1.29 is 13.2 Å². The largest absolute Gasteiger partial charge is 0.352 e. The molecule has 0 aromatic heterocycles. The van der Waals surface area contributed by atoms with Gasteiger partial charge in [-0.05, 0) is 25.5 Å². The smallest absolute Gasteiger partial charge is 0.252 e. The number of rotatable bonds is 6. The number of carbonyl (C=O) groups is 1.